The average molecular weight is 248 g/mol. The van der Waals surface area contributed by atoms with Gasteiger partial charge in [-0.3, -0.25) is 0 Å². The molecule has 1 rings (SSSR count). The standard InChI is InChI=1S/C13H20N4O/c1-8(2)11-6-10(7-16-17-13(14)15)9(3)5-12(11)18-4/h5-8H,1-4H3,(H4,14,15,17). The molecule has 0 unspecified atom stereocenters. The maximum absolute atomic E-state index is 5.37. The maximum Gasteiger partial charge on any atom is 0.211 e. The van der Waals surface area contributed by atoms with Gasteiger partial charge in [-0.2, -0.15) is 5.10 Å². The number of hydrogen-bond donors (Lipinski definition) is 2. The van der Waals surface area contributed by atoms with Crippen LogP contribution in [0.1, 0.15) is 36.5 Å². The first-order valence-electron chi connectivity index (χ1n) is 5.76. The molecule has 0 saturated carbocycles. The first-order chi connectivity index (χ1) is 8.45. The fourth-order valence-electron chi connectivity index (χ4n) is 1.64. The highest BCUT2D eigenvalue weighted by atomic mass is 16.5. The van der Waals surface area contributed by atoms with Crippen molar-refractivity contribution in [3.05, 3.63) is 28.8 Å². The number of benzene rings is 1. The molecule has 5 nitrogen and oxygen atoms in total. The molecule has 0 aliphatic rings. The van der Waals surface area contributed by atoms with Crippen molar-refractivity contribution < 1.29 is 4.74 Å². The van der Waals surface area contributed by atoms with Crippen molar-refractivity contribution in [1.82, 2.24) is 0 Å². The largest absolute Gasteiger partial charge is 0.496 e. The minimum atomic E-state index is -0.0542. The minimum Gasteiger partial charge on any atom is -0.496 e. The van der Waals surface area contributed by atoms with E-state index in [1.165, 1.54) is 0 Å². The molecule has 0 fully saturated rings. The SMILES string of the molecule is COc1cc(C)c(C=NN=C(N)N)cc1C(C)C. The van der Waals surface area contributed by atoms with Crippen LogP contribution >= 0.6 is 0 Å². The minimum absolute atomic E-state index is 0.0542. The lowest BCUT2D eigenvalue weighted by Gasteiger charge is -2.14. The highest BCUT2D eigenvalue weighted by Gasteiger charge is 2.10. The Morgan fingerprint density at radius 2 is 2.00 bits per heavy atom. The summed E-state index contributed by atoms with van der Waals surface area (Å²) in [6.07, 6.45) is 1.64. The van der Waals surface area contributed by atoms with E-state index in [1.54, 1.807) is 13.3 Å². The Bertz CT molecular complexity index is 474. The van der Waals surface area contributed by atoms with E-state index in [0.717, 1.165) is 22.4 Å². The molecule has 98 valence electrons. The summed E-state index contributed by atoms with van der Waals surface area (Å²) < 4.78 is 5.37. The zero-order valence-corrected chi connectivity index (χ0v) is 11.3. The van der Waals surface area contributed by atoms with Gasteiger partial charge in [-0.05, 0) is 41.7 Å². The first-order valence-corrected chi connectivity index (χ1v) is 5.76. The lowest BCUT2D eigenvalue weighted by atomic mass is 9.97. The molecular formula is C13H20N4O. The number of nitrogens with two attached hydrogens (primary N) is 2. The van der Waals surface area contributed by atoms with Gasteiger partial charge in [0.2, 0.25) is 5.96 Å². The molecule has 4 N–H and O–H groups in total. The van der Waals surface area contributed by atoms with Crippen LogP contribution in [0.4, 0.5) is 0 Å². The summed E-state index contributed by atoms with van der Waals surface area (Å²) in [7, 11) is 1.67. The third-order valence-electron chi connectivity index (χ3n) is 2.61. The van der Waals surface area contributed by atoms with Gasteiger partial charge in [0.15, 0.2) is 0 Å². The normalized spacial score (nSPS) is 10.9. The van der Waals surface area contributed by atoms with Gasteiger partial charge in [0.25, 0.3) is 0 Å². The van der Waals surface area contributed by atoms with Crippen LogP contribution in [0.5, 0.6) is 5.75 Å². The number of ether oxygens (including phenoxy) is 1. The molecule has 1 aromatic rings. The van der Waals surface area contributed by atoms with Gasteiger partial charge in [-0.15, -0.1) is 5.10 Å². The Morgan fingerprint density at radius 1 is 1.33 bits per heavy atom. The molecule has 0 aromatic heterocycles. The van der Waals surface area contributed by atoms with E-state index in [4.69, 9.17) is 16.2 Å². The summed E-state index contributed by atoms with van der Waals surface area (Å²) in [6.45, 7) is 6.22. The second-order valence-corrected chi connectivity index (χ2v) is 4.37. The van der Waals surface area contributed by atoms with Crippen molar-refractivity contribution in [1.29, 1.82) is 0 Å². The predicted molar refractivity (Wildman–Crippen MR) is 75.2 cm³/mol. The molecule has 0 bridgehead atoms. The van der Waals surface area contributed by atoms with E-state index < -0.39 is 0 Å². The third kappa shape index (κ3) is 3.48. The monoisotopic (exact) mass is 248 g/mol. The molecule has 18 heavy (non-hydrogen) atoms. The molecule has 1 aromatic carbocycles. The van der Waals surface area contributed by atoms with Crippen LogP contribution in [0.2, 0.25) is 0 Å². The highest BCUT2D eigenvalue weighted by molar-refractivity contribution is 5.84. The molecule has 0 amide bonds. The zero-order valence-electron chi connectivity index (χ0n) is 11.3. The fourth-order valence-corrected chi connectivity index (χ4v) is 1.64. The van der Waals surface area contributed by atoms with E-state index in [-0.39, 0.29) is 5.96 Å². The zero-order chi connectivity index (χ0) is 13.7. The van der Waals surface area contributed by atoms with Crippen LogP contribution in [0.15, 0.2) is 22.3 Å². The van der Waals surface area contributed by atoms with E-state index in [0.29, 0.717) is 5.92 Å². The van der Waals surface area contributed by atoms with Crippen molar-refractivity contribution in [3.63, 3.8) is 0 Å². The summed E-state index contributed by atoms with van der Waals surface area (Å²) in [5, 5.41) is 7.42. The van der Waals surface area contributed by atoms with Crippen LogP contribution in [-0.4, -0.2) is 19.3 Å². The van der Waals surface area contributed by atoms with Crippen LogP contribution in [0.3, 0.4) is 0 Å². The highest BCUT2D eigenvalue weighted by Crippen LogP contribution is 2.28. The second kappa shape index (κ2) is 6.05. The van der Waals surface area contributed by atoms with Crippen molar-refractivity contribution in [2.24, 2.45) is 21.7 Å². The summed E-state index contributed by atoms with van der Waals surface area (Å²) in [4.78, 5) is 0. The number of hydrogen-bond acceptors (Lipinski definition) is 3. The van der Waals surface area contributed by atoms with Crippen molar-refractivity contribution >= 4 is 12.2 Å². The van der Waals surface area contributed by atoms with Crippen LogP contribution in [0.25, 0.3) is 0 Å². The lowest BCUT2D eigenvalue weighted by molar-refractivity contribution is 0.407. The van der Waals surface area contributed by atoms with Crippen molar-refractivity contribution in [3.8, 4) is 5.75 Å². The number of methoxy groups -OCH3 is 1. The molecular weight excluding hydrogens is 228 g/mol. The van der Waals surface area contributed by atoms with Crippen molar-refractivity contribution in [2.75, 3.05) is 7.11 Å². The van der Waals surface area contributed by atoms with Crippen LogP contribution < -0.4 is 16.2 Å². The molecule has 0 atom stereocenters. The van der Waals surface area contributed by atoms with E-state index >= 15 is 0 Å². The first kappa shape index (κ1) is 14.0. The quantitative estimate of drug-likeness (QED) is 0.483. The molecule has 0 saturated heterocycles. The van der Waals surface area contributed by atoms with Gasteiger partial charge < -0.3 is 16.2 Å². The average Bonchev–Trinajstić information content (AvgIpc) is 2.29. The molecule has 0 spiro atoms. The number of guanidine groups is 1. The molecule has 5 heteroatoms. The Labute approximate surface area is 108 Å². The smallest absolute Gasteiger partial charge is 0.211 e. The summed E-state index contributed by atoms with van der Waals surface area (Å²) >= 11 is 0. The maximum atomic E-state index is 5.37. The van der Waals surface area contributed by atoms with Gasteiger partial charge in [-0.25, -0.2) is 0 Å². The Balaban J connectivity index is 3.17. The number of rotatable bonds is 4. The molecule has 0 aliphatic carbocycles. The molecule has 0 radical (unpaired) electrons. The Kier molecular flexibility index (Phi) is 4.71. The topological polar surface area (TPSA) is 86.0 Å². The number of aryl methyl sites for hydroxylation is 1. The Hall–Kier alpha value is -2.04. The molecule has 0 heterocycles. The summed E-state index contributed by atoms with van der Waals surface area (Å²) in [6, 6.07) is 4.04. The van der Waals surface area contributed by atoms with Crippen LogP contribution in [-0.2, 0) is 0 Å². The number of nitrogens with zero attached hydrogens (tertiary/aromatic N) is 2. The Morgan fingerprint density at radius 3 is 2.50 bits per heavy atom. The summed E-state index contributed by atoms with van der Waals surface area (Å²) in [5.41, 5.74) is 13.6. The van der Waals surface area contributed by atoms with Gasteiger partial charge in [0.1, 0.15) is 5.75 Å². The van der Waals surface area contributed by atoms with Gasteiger partial charge in [0, 0.05) is 0 Å². The predicted octanol–water partition coefficient (Wildman–Crippen LogP) is 1.73. The van der Waals surface area contributed by atoms with Gasteiger partial charge in [-0.1, -0.05) is 13.8 Å². The van der Waals surface area contributed by atoms with Gasteiger partial charge in [0.05, 0.1) is 13.3 Å². The third-order valence-corrected chi connectivity index (χ3v) is 2.61. The van der Waals surface area contributed by atoms with E-state index in [2.05, 4.69) is 24.1 Å². The fraction of sp³-hybridized carbons (Fsp3) is 0.385. The van der Waals surface area contributed by atoms with Crippen LogP contribution in [0, 0.1) is 6.92 Å². The second-order valence-electron chi connectivity index (χ2n) is 4.37. The van der Waals surface area contributed by atoms with Crippen molar-refractivity contribution in [2.45, 2.75) is 26.7 Å². The van der Waals surface area contributed by atoms with E-state index in [9.17, 15) is 0 Å². The molecule has 0 aliphatic heterocycles. The van der Waals surface area contributed by atoms with Gasteiger partial charge >= 0.3 is 0 Å². The lowest BCUT2D eigenvalue weighted by Crippen LogP contribution is -2.21. The van der Waals surface area contributed by atoms with E-state index in [1.807, 2.05) is 19.1 Å². The summed E-state index contributed by atoms with van der Waals surface area (Å²) in [5.74, 6) is 1.21.